The summed E-state index contributed by atoms with van der Waals surface area (Å²) in [6.45, 7) is 1.62. The number of nitrogens with zero attached hydrogens (tertiary/aromatic N) is 2. The van der Waals surface area contributed by atoms with Crippen molar-refractivity contribution in [3.8, 4) is 0 Å². The molecule has 0 fully saturated rings. The molecule has 154 valence electrons. The van der Waals surface area contributed by atoms with Crippen molar-refractivity contribution in [2.45, 2.75) is 24.2 Å². The monoisotopic (exact) mass is 426 g/mol. The van der Waals surface area contributed by atoms with Crippen LogP contribution in [0.3, 0.4) is 0 Å². The molecule has 0 atom stereocenters. The van der Waals surface area contributed by atoms with E-state index < -0.39 is 22.2 Å². The summed E-state index contributed by atoms with van der Waals surface area (Å²) >= 11 is 0. The predicted octanol–water partition coefficient (Wildman–Crippen LogP) is 3.46. The highest BCUT2D eigenvalue weighted by molar-refractivity contribution is 7.90. The SMILES string of the molecule is CN1Cc2cccc3c2c(cn3S(=O)(=O)c2ccccc2)C1.O=C(O)C(F)(F)F. The number of carboxylic acids is 1. The molecular weight excluding hydrogens is 409 g/mol. The van der Waals surface area contributed by atoms with Crippen LogP contribution in [0.15, 0.2) is 59.6 Å². The molecule has 1 aliphatic heterocycles. The molecule has 0 radical (unpaired) electrons. The first-order chi connectivity index (χ1) is 13.5. The number of aromatic nitrogens is 1. The third-order valence-corrected chi connectivity index (χ3v) is 6.07. The number of benzene rings is 2. The van der Waals surface area contributed by atoms with E-state index in [9.17, 15) is 21.6 Å². The second kappa shape index (κ2) is 7.53. The topological polar surface area (TPSA) is 79.6 Å². The normalized spacial score (nSPS) is 14.3. The van der Waals surface area contributed by atoms with Gasteiger partial charge in [-0.25, -0.2) is 17.2 Å². The summed E-state index contributed by atoms with van der Waals surface area (Å²) in [7, 11) is -1.52. The number of rotatable bonds is 2. The van der Waals surface area contributed by atoms with Gasteiger partial charge < -0.3 is 5.11 Å². The molecule has 6 nitrogen and oxygen atoms in total. The lowest BCUT2D eigenvalue weighted by Gasteiger charge is -2.22. The summed E-state index contributed by atoms with van der Waals surface area (Å²) in [4.78, 5) is 11.4. The highest BCUT2D eigenvalue weighted by Crippen LogP contribution is 2.33. The molecule has 1 aliphatic rings. The van der Waals surface area contributed by atoms with Crippen molar-refractivity contribution in [1.82, 2.24) is 8.87 Å². The van der Waals surface area contributed by atoms with Gasteiger partial charge in [0.2, 0.25) is 0 Å². The highest BCUT2D eigenvalue weighted by atomic mass is 32.2. The number of alkyl halides is 3. The Hall–Kier alpha value is -2.85. The number of halogens is 3. The van der Waals surface area contributed by atoms with E-state index in [0.717, 1.165) is 29.6 Å². The van der Waals surface area contributed by atoms with Gasteiger partial charge in [0.15, 0.2) is 0 Å². The zero-order chi connectivity index (χ0) is 21.4. The van der Waals surface area contributed by atoms with Crippen molar-refractivity contribution >= 4 is 26.9 Å². The molecule has 0 unspecified atom stereocenters. The van der Waals surface area contributed by atoms with E-state index in [4.69, 9.17) is 9.90 Å². The van der Waals surface area contributed by atoms with Gasteiger partial charge in [0.25, 0.3) is 10.0 Å². The van der Waals surface area contributed by atoms with Crippen molar-refractivity contribution in [2.75, 3.05) is 7.05 Å². The van der Waals surface area contributed by atoms with Crippen LogP contribution in [0.5, 0.6) is 0 Å². The van der Waals surface area contributed by atoms with Gasteiger partial charge in [0.1, 0.15) is 0 Å². The zero-order valence-corrected chi connectivity index (χ0v) is 16.0. The molecule has 0 saturated heterocycles. The van der Waals surface area contributed by atoms with Crippen molar-refractivity contribution in [3.63, 3.8) is 0 Å². The average molecular weight is 426 g/mol. The maximum atomic E-state index is 12.9. The summed E-state index contributed by atoms with van der Waals surface area (Å²) in [6, 6.07) is 14.5. The van der Waals surface area contributed by atoms with Gasteiger partial charge in [-0.05, 0) is 36.4 Å². The highest BCUT2D eigenvalue weighted by Gasteiger charge is 2.38. The molecule has 10 heteroatoms. The largest absolute Gasteiger partial charge is 0.490 e. The van der Waals surface area contributed by atoms with Crippen LogP contribution in [0.2, 0.25) is 0 Å². The zero-order valence-electron chi connectivity index (χ0n) is 15.2. The van der Waals surface area contributed by atoms with Crippen LogP contribution >= 0.6 is 0 Å². The molecule has 3 aromatic rings. The van der Waals surface area contributed by atoms with E-state index in [1.165, 1.54) is 9.54 Å². The molecule has 1 aromatic heterocycles. The fraction of sp³-hybridized carbons (Fsp3) is 0.211. The van der Waals surface area contributed by atoms with Crippen molar-refractivity contribution in [2.24, 2.45) is 0 Å². The molecule has 1 N–H and O–H groups in total. The summed E-state index contributed by atoms with van der Waals surface area (Å²) in [5, 5.41) is 8.21. The molecule has 29 heavy (non-hydrogen) atoms. The summed E-state index contributed by atoms with van der Waals surface area (Å²) in [5.74, 6) is -2.76. The predicted molar refractivity (Wildman–Crippen MR) is 99.8 cm³/mol. The Morgan fingerprint density at radius 3 is 2.17 bits per heavy atom. The van der Waals surface area contributed by atoms with E-state index in [1.807, 2.05) is 25.2 Å². The molecule has 0 amide bonds. The molecule has 0 aliphatic carbocycles. The van der Waals surface area contributed by atoms with E-state index in [0.29, 0.717) is 4.90 Å². The standard InChI is InChI=1S/C17H16N2O2S.C2HF3O2/c1-18-10-13-6-5-9-16-17(13)14(11-18)12-19(16)22(20,21)15-7-3-2-4-8-15;3-2(4,5)1(6)7/h2-9,12H,10-11H2,1H3;(H,6,7). The number of hydrogen-bond acceptors (Lipinski definition) is 4. The van der Waals surface area contributed by atoms with Crippen molar-refractivity contribution < 1.29 is 31.5 Å². The molecule has 0 bridgehead atoms. The maximum absolute atomic E-state index is 12.9. The van der Waals surface area contributed by atoms with Crippen molar-refractivity contribution in [1.29, 1.82) is 0 Å². The average Bonchev–Trinajstić information content (AvgIpc) is 3.03. The Bertz CT molecular complexity index is 1160. The van der Waals surface area contributed by atoms with Crippen LogP contribution in [0.1, 0.15) is 11.1 Å². The van der Waals surface area contributed by atoms with Gasteiger partial charge in [-0.15, -0.1) is 0 Å². The molecular formula is C19H17F3N2O4S. The van der Waals surface area contributed by atoms with Gasteiger partial charge in [-0.2, -0.15) is 13.2 Å². The lowest BCUT2D eigenvalue weighted by atomic mass is 10.0. The quantitative estimate of drug-likeness (QED) is 0.679. The first-order valence-electron chi connectivity index (χ1n) is 8.43. The van der Waals surface area contributed by atoms with Gasteiger partial charge >= 0.3 is 12.1 Å². The Morgan fingerprint density at radius 1 is 1.00 bits per heavy atom. The summed E-state index contributed by atoms with van der Waals surface area (Å²) < 4.78 is 59.0. The fourth-order valence-corrected chi connectivity index (χ4v) is 4.62. The van der Waals surface area contributed by atoms with Crippen molar-refractivity contribution in [3.05, 3.63) is 65.9 Å². The second-order valence-corrected chi connectivity index (χ2v) is 8.37. The Balaban J connectivity index is 0.000000298. The maximum Gasteiger partial charge on any atom is 0.490 e. The number of hydrogen-bond donors (Lipinski definition) is 1. The second-order valence-electron chi connectivity index (χ2n) is 6.55. The van der Waals surface area contributed by atoms with Crippen LogP contribution in [0, 0.1) is 0 Å². The molecule has 4 rings (SSSR count). The first-order valence-corrected chi connectivity index (χ1v) is 9.87. The van der Waals surface area contributed by atoms with E-state index in [2.05, 4.69) is 11.0 Å². The lowest BCUT2D eigenvalue weighted by Crippen LogP contribution is -2.21. The minimum absolute atomic E-state index is 0.316. The minimum Gasteiger partial charge on any atom is -0.475 e. The van der Waals surface area contributed by atoms with Crippen LogP contribution in [-0.2, 0) is 27.9 Å². The Labute approximate surface area is 164 Å². The van der Waals surface area contributed by atoms with Gasteiger partial charge in [-0.3, -0.25) is 4.90 Å². The number of carbonyl (C=O) groups is 1. The van der Waals surface area contributed by atoms with Crippen LogP contribution in [-0.4, -0.2) is 41.6 Å². The van der Waals surface area contributed by atoms with E-state index in [-0.39, 0.29) is 0 Å². The van der Waals surface area contributed by atoms with Crippen LogP contribution in [0.25, 0.3) is 10.9 Å². The minimum atomic E-state index is -5.08. The lowest BCUT2D eigenvalue weighted by molar-refractivity contribution is -0.192. The van der Waals surface area contributed by atoms with Gasteiger partial charge in [0, 0.05) is 24.7 Å². The number of aliphatic carboxylic acids is 1. The van der Waals surface area contributed by atoms with Gasteiger partial charge in [-0.1, -0.05) is 30.3 Å². The van der Waals surface area contributed by atoms with E-state index in [1.54, 1.807) is 30.5 Å². The summed E-state index contributed by atoms with van der Waals surface area (Å²) in [6.07, 6.45) is -3.31. The Morgan fingerprint density at radius 2 is 1.59 bits per heavy atom. The van der Waals surface area contributed by atoms with Crippen LogP contribution in [0.4, 0.5) is 13.2 Å². The van der Waals surface area contributed by atoms with Crippen LogP contribution < -0.4 is 0 Å². The summed E-state index contributed by atoms with van der Waals surface area (Å²) in [5.41, 5.74) is 3.02. The smallest absolute Gasteiger partial charge is 0.475 e. The number of carboxylic acid groups (broad SMARTS) is 1. The molecule has 0 saturated carbocycles. The van der Waals surface area contributed by atoms with E-state index >= 15 is 0 Å². The first kappa shape index (κ1) is 20.9. The molecule has 2 heterocycles. The Kier molecular flexibility index (Phi) is 5.42. The third kappa shape index (κ3) is 4.13. The third-order valence-electron chi connectivity index (χ3n) is 4.38. The molecule has 0 spiro atoms. The fourth-order valence-electron chi connectivity index (χ4n) is 3.21. The van der Waals surface area contributed by atoms with Gasteiger partial charge in [0.05, 0.1) is 10.4 Å². The molecule has 2 aromatic carbocycles.